The van der Waals surface area contributed by atoms with Gasteiger partial charge in [-0.05, 0) is 66.7 Å². The van der Waals surface area contributed by atoms with E-state index in [9.17, 15) is 8.42 Å². The van der Waals surface area contributed by atoms with Crippen LogP contribution in [-0.2, 0) is 19.3 Å². The third-order valence-electron chi connectivity index (χ3n) is 4.53. The van der Waals surface area contributed by atoms with Gasteiger partial charge in [0.15, 0.2) is 0 Å². The zero-order chi connectivity index (χ0) is 19.0. The number of hydrogen-bond donors (Lipinski definition) is 1. The predicted octanol–water partition coefficient (Wildman–Crippen LogP) is 2.53. The minimum atomic E-state index is -3.37. The van der Waals surface area contributed by atoms with Crippen LogP contribution >= 0.6 is 0 Å². The van der Waals surface area contributed by atoms with Crippen molar-refractivity contribution in [3.8, 4) is 5.75 Å². The summed E-state index contributed by atoms with van der Waals surface area (Å²) in [7, 11) is -4.00. The van der Waals surface area contributed by atoms with Gasteiger partial charge in [-0.15, -0.1) is 0 Å². The molecular weight excluding hydrogens is 341 g/mol. The van der Waals surface area contributed by atoms with Gasteiger partial charge in [0.1, 0.15) is 5.75 Å². The Balaban J connectivity index is 2.42. The van der Waals surface area contributed by atoms with E-state index in [0.29, 0.717) is 16.9 Å². The molecule has 0 unspecified atom stereocenters. The number of sulfonamides is 1. The summed E-state index contributed by atoms with van der Waals surface area (Å²) >= 11 is 0. The third kappa shape index (κ3) is 4.48. The Labute approximate surface area is 151 Å². The highest BCUT2D eigenvalue weighted by Crippen LogP contribution is 2.37. The van der Waals surface area contributed by atoms with Gasteiger partial charge in [-0.3, -0.25) is 4.72 Å². The zero-order valence-electron chi connectivity index (χ0n) is 16.0. The largest absolute Gasteiger partial charge is 0.498 e. The molecule has 8 heteroatoms. The van der Waals surface area contributed by atoms with Crippen molar-refractivity contribution >= 4 is 28.3 Å². The van der Waals surface area contributed by atoms with Gasteiger partial charge in [0.25, 0.3) is 0 Å². The van der Waals surface area contributed by atoms with Crippen LogP contribution in [0.3, 0.4) is 0 Å². The molecule has 0 atom stereocenters. The average Bonchev–Trinajstić information content (AvgIpc) is 2.68. The Morgan fingerprint density at radius 2 is 1.72 bits per heavy atom. The first-order valence-corrected chi connectivity index (χ1v) is 10.2. The van der Waals surface area contributed by atoms with Crippen molar-refractivity contribution < 1.29 is 22.5 Å². The van der Waals surface area contributed by atoms with E-state index in [0.717, 1.165) is 0 Å². The van der Waals surface area contributed by atoms with Crippen LogP contribution in [0.1, 0.15) is 48.5 Å². The van der Waals surface area contributed by atoms with Gasteiger partial charge in [0.05, 0.1) is 23.1 Å². The van der Waals surface area contributed by atoms with E-state index in [-0.39, 0.29) is 11.9 Å². The molecule has 1 saturated heterocycles. The Kier molecular flexibility index (Phi) is 5.47. The molecule has 0 amide bonds. The highest BCUT2D eigenvalue weighted by atomic mass is 32.2. The van der Waals surface area contributed by atoms with E-state index in [2.05, 4.69) is 4.72 Å². The molecule has 6 nitrogen and oxygen atoms in total. The number of benzene rings is 1. The molecule has 1 aromatic carbocycles. The molecule has 25 heavy (non-hydrogen) atoms. The van der Waals surface area contributed by atoms with Crippen LogP contribution in [-0.4, -0.2) is 38.6 Å². The van der Waals surface area contributed by atoms with Gasteiger partial charge >= 0.3 is 7.12 Å². The number of ether oxygens (including phenoxy) is 1. The molecule has 0 bridgehead atoms. The van der Waals surface area contributed by atoms with E-state index in [1.54, 1.807) is 25.1 Å². The Morgan fingerprint density at radius 3 is 2.20 bits per heavy atom. The first kappa shape index (κ1) is 20.1. The van der Waals surface area contributed by atoms with E-state index >= 15 is 0 Å². The molecule has 2 rings (SSSR count). The minimum Gasteiger partial charge on any atom is -0.491 e. The second kappa shape index (κ2) is 6.81. The fourth-order valence-electron chi connectivity index (χ4n) is 2.38. The predicted molar refractivity (Wildman–Crippen MR) is 101 cm³/mol. The zero-order valence-corrected chi connectivity index (χ0v) is 16.9. The molecule has 1 fully saturated rings. The summed E-state index contributed by atoms with van der Waals surface area (Å²) in [6.07, 6.45) is -0.0284. The van der Waals surface area contributed by atoms with Gasteiger partial charge in [-0.1, -0.05) is 0 Å². The molecule has 1 aliphatic heterocycles. The van der Waals surface area contributed by atoms with Crippen molar-refractivity contribution in [2.45, 2.75) is 65.8 Å². The number of anilines is 1. The van der Waals surface area contributed by atoms with Crippen molar-refractivity contribution in [1.29, 1.82) is 0 Å². The van der Waals surface area contributed by atoms with Crippen LogP contribution in [0.2, 0.25) is 0 Å². The minimum absolute atomic E-state index is 0.00305. The Bertz CT molecular complexity index is 715. The molecular formula is C17H28BNO5S. The second-order valence-corrected chi connectivity index (χ2v) is 9.52. The quantitative estimate of drug-likeness (QED) is 0.780. The summed E-state index contributed by atoms with van der Waals surface area (Å²) in [5.41, 5.74) is 0.142. The number of nitrogens with one attached hydrogen (secondary N) is 1. The summed E-state index contributed by atoms with van der Waals surface area (Å²) in [5, 5.41) is 0. The topological polar surface area (TPSA) is 73.9 Å². The first-order chi connectivity index (χ1) is 11.4. The lowest BCUT2D eigenvalue weighted by molar-refractivity contribution is 0.00578. The molecule has 140 valence electrons. The molecule has 1 N–H and O–H groups in total. The SMILES string of the molecule is CCS(=O)(=O)Nc1ccc(OC(C)C)c(B2OC(C)(C)C(C)(C)O2)c1. The highest BCUT2D eigenvalue weighted by molar-refractivity contribution is 7.92. The normalized spacial score (nSPS) is 19.3. The standard InChI is InChI=1S/C17H28BNO5S/c1-8-25(20,21)19-13-9-10-15(22-12(2)3)14(11-13)18-23-16(4,5)17(6,7)24-18/h9-12,19H,8H2,1-7H3. The molecule has 0 saturated carbocycles. The van der Waals surface area contributed by atoms with Gasteiger partial charge < -0.3 is 14.0 Å². The van der Waals surface area contributed by atoms with Crippen molar-refractivity contribution in [2.24, 2.45) is 0 Å². The lowest BCUT2D eigenvalue weighted by Gasteiger charge is -2.32. The maximum Gasteiger partial charge on any atom is 0.498 e. The van der Waals surface area contributed by atoms with Crippen LogP contribution < -0.4 is 14.9 Å². The fraction of sp³-hybridized carbons (Fsp3) is 0.647. The maximum absolute atomic E-state index is 11.9. The Morgan fingerprint density at radius 1 is 1.16 bits per heavy atom. The van der Waals surface area contributed by atoms with Crippen LogP contribution in [0.5, 0.6) is 5.75 Å². The van der Waals surface area contributed by atoms with E-state index < -0.39 is 28.3 Å². The van der Waals surface area contributed by atoms with Gasteiger partial charge in [-0.2, -0.15) is 0 Å². The van der Waals surface area contributed by atoms with Gasteiger partial charge in [0.2, 0.25) is 10.0 Å². The van der Waals surface area contributed by atoms with E-state index in [1.807, 2.05) is 41.5 Å². The van der Waals surface area contributed by atoms with Crippen LogP contribution in [0.4, 0.5) is 5.69 Å². The second-order valence-electron chi connectivity index (χ2n) is 7.51. The summed E-state index contributed by atoms with van der Waals surface area (Å²) < 4.78 is 44.4. The molecule has 1 aromatic rings. The van der Waals surface area contributed by atoms with Crippen molar-refractivity contribution in [3.05, 3.63) is 18.2 Å². The van der Waals surface area contributed by atoms with Gasteiger partial charge in [0, 0.05) is 11.2 Å². The lowest BCUT2D eigenvalue weighted by Crippen LogP contribution is -2.41. The lowest BCUT2D eigenvalue weighted by atomic mass is 9.78. The fourth-order valence-corrected chi connectivity index (χ4v) is 3.01. The summed E-state index contributed by atoms with van der Waals surface area (Å²) in [4.78, 5) is 0. The van der Waals surface area contributed by atoms with Crippen LogP contribution in [0.15, 0.2) is 18.2 Å². The summed E-state index contributed by atoms with van der Waals surface area (Å²) in [5.74, 6) is 0.622. The Hall–Kier alpha value is -1.25. The van der Waals surface area contributed by atoms with Crippen molar-refractivity contribution in [3.63, 3.8) is 0 Å². The molecule has 1 heterocycles. The van der Waals surface area contributed by atoms with Crippen LogP contribution in [0, 0.1) is 0 Å². The smallest absolute Gasteiger partial charge is 0.491 e. The summed E-state index contributed by atoms with van der Waals surface area (Å²) in [6.45, 7) is 13.3. The average molecular weight is 369 g/mol. The molecule has 0 aromatic heterocycles. The third-order valence-corrected chi connectivity index (χ3v) is 5.84. The molecule has 1 aliphatic rings. The van der Waals surface area contributed by atoms with Gasteiger partial charge in [-0.25, -0.2) is 8.42 Å². The highest BCUT2D eigenvalue weighted by Gasteiger charge is 2.52. The monoisotopic (exact) mass is 369 g/mol. The number of hydrogen-bond acceptors (Lipinski definition) is 5. The first-order valence-electron chi connectivity index (χ1n) is 8.53. The number of rotatable bonds is 6. The van der Waals surface area contributed by atoms with Crippen molar-refractivity contribution in [1.82, 2.24) is 0 Å². The van der Waals surface area contributed by atoms with Crippen LogP contribution in [0.25, 0.3) is 0 Å². The van der Waals surface area contributed by atoms with E-state index in [4.69, 9.17) is 14.0 Å². The molecule has 0 spiro atoms. The summed E-state index contributed by atoms with van der Waals surface area (Å²) in [6, 6.07) is 5.14. The molecule has 0 radical (unpaired) electrons. The maximum atomic E-state index is 11.9. The van der Waals surface area contributed by atoms with E-state index in [1.165, 1.54) is 0 Å². The molecule has 0 aliphatic carbocycles. The van der Waals surface area contributed by atoms with Crippen molar-refractivity contribution in [2.75, 3.05) is 10.5 Å².